The Morgan fingerprint density at radius 1 is 1.75 bits per heavy atom. The van der Waals surface area contributed by atoms with Crippen molar-refractivity contribution in [3.8, 4) is 6.07 Å². The van der Waals surface area contributed by atoms with Gasteiger partial charge in [0.15, 0.2) is 0 Å². The number of rotatable bonds is 2. The second-order valence-corrected chi connectivity index (χ2v) is 2.22. The van der Waals surface area contributed by atoms with Gasteiger partial charge < -0.3 is 5.11 Å². The summed E-state index contributed by atoms with van der Waals surface area (Å²) in [6.07, 6.45) is 2.70. The number of aliphatic carboxylic acids is 1. The summed E-state index contributed by atoms with van der Waals surface area (Å²) in [4.78, 5) is 14.0. The van der Waals surface area contributed by atoms with Crippen LogP contribution >= 0.6 is 0 Å². The molecule has 0 saturated carbocycles. The largest absolute Gasteiger partial charge is 0.481 e. The molecule has 60 valence electrons. The van der Waals surface area contributed by atoms with Crippen LogP contribution in [-0.2, 0) is 11.2 Å². The molecule has 1 aromatic rings. The zero-order chi connectivity index (χ0) is 8.97. The summed E-state index contributed by atoms with van der Waals surface area (Å²) < 4.78 is 0. The van der Waals surface area contributed by atoms with E-state index >= 15 is 0 Å². The molecule has 0 aliphatic heterocycles. The van der Waals surface area contributed by atoms with Crippen LogP contribution in [0.3, 0.4) is 0 Å². The SMILES string of the molecule is N#Cc1ccncc1CC(=O)O. The summed E-state index contributed by atoms with van der Waals surface area (Å²) in [6, 6.07) is 3.40. The summed E-state index contributed by atoms with van der Waals surface area (Å²) >= 11 is 0. The van der Waals surface area contributed by atoms with Gasteiger partial charge in [0, 0.05) is 12.4 Å². The zero-order valence-corrected chi connectivity index (χ0v) is 6.19. The van der Waals surface area contributed by atoms with Crippen molar-refractivity contribution in [1.82, 2.24) is 4.98 Å². The third kappa shape index (κ3) is 1.80. The molecule has 4 heteroatoms. The van der Waals surface area contributed by atoms with E-state index in [4.69, 9.17) is 10.4 Å². The maximum absolute atomic E-state index is 10.3. The Hall–Kier alpha value is -1.89. The van der Waals surface area contributed by atoms with Crippen molar-refractivity contribution in [1.29, 1.82) is 5.26 Å². The summed E-state index contributed by atoms with van der Waals surface area (Å²) in [7, 11) is 0. The molecule has 0 fully saturated rings. The first-order chi connectivity index (χ1) is 5.74. The van der Waals surface area contributed by atoms with Crippen LogP contribution in [0, 0.1) is 11.3 Å². The van der Waals surface area contributed by atoms with E-state index in [1.54, 1.807) is 0 Å². The van der Waals surface area contributed by atoms with E-state index in [-0.39, 0.29) is 6.42 Å². The summed E-state index contributed by atoms with van der Waals surface area (Å²) in [6.45, 7) is 0. The average Bonchev–Trinajstić information content (AvgIpc) is 2.04. The second kappa shape index (κ2) is 3.49. The molecule has 0 aliphatic carbocycles. The molecule has 0 unspecified atom stereocenters. The highest BCUT2D eigenvalue weighted by Gasteiger charge is 2.05. The summed E-state index contributed by atoms with van der Waals surface area (Å²) in [5.41, 5.74) is 0.819. The van der Waals surface area contributed by atoms with Crippen LogP contribution < -0.4 is 0 Å². The van der Waals surface area contributed by atoms with E-state index in [2.05, 4.69) is 4.98 Å². The van der Waals surface area contributed by atoms with Crippen molar-refractivity contribution in [3.05, 3.63) is 29.6 Å². The lowest BCUT2D eigenvalue weighted by molar-refractivity contribution is -0.136. The van der Waals surface area contributed by atoms with Crippen molar-refractivity contribution >= 4 is 5.97 Å². The van der Waals surface area contributed by atoms with E-state index in [1.165, 1.54) is 18.5 Å². The smallest absolute Gasteiger partial charge is 0.307 e. The predicted molar refractivity (Wildman–Crippen MR) is 40.3 cm³/mol. The number of carboxylic acid groups (broad SMARTS) is 1. The number of aromatic nitrogens is 1. The Bertz CT molecular complexity index is 341. The van der Waals surface area contributed by atoms with Crippen LogP contribution in [0.15, 0.2) is 18.5 Å². The lowest BCUT2D eigenvalue weighted by atomic mass is 10.1. The monoisotopic (exact) mass is 162 g/mol. The lowest BCUT2D eigenvalue weighted by Crippen LogP contribution is -2.02. The van der Waals surface area contributed by atoms with Gasteiger partial charge in [-0.2, -0.15) is 5.26 Å². The first-order valence-electron chi connectivity index (χ1n) is 3.29. The minimum Gasteiger partial charge on any atom is -0.481 e. The van der Waals surface area contributed by atoms with E-state index in [0.717, 1.165) is 0 Å². The highest BCUT2D eigenvalue weighted by Crippen LogP contribution is 2.05. The zero-order valence-electron chi connectivity index (χ0n) is 6.19. The fourth-order valence-electron chi connectivity index (χ4n) is 0.840. The first kappa shape index (κ1) is 8.21. The van der Waals surface area contributed by atoms with Crippen molar-refractivity contribution in [2.24, 2.45) is 0 Å². The number of pyridine rings is 1. The van der Waals surface area contributed by atoms with Crippen molar-refractivity contribution in [3.63, 3.8) is 0 Å². The van der Waals surface area contributed by atoms with Crippen LogP contribution in [0.1, 0.15) is 11.1 Å². The van der Waals surface area contributed by atoms with Gasteiger partial charge in [0.05, 0.1) is 18.1 Å². The number of nitrogens with zero attached hydrogens (tertiary/aromatic N) is 2. The summed E-state index contributed by atoms with van der Waals surface area (Å²) in [5.74, 6) is -0.959. The van der Waals surface area contributed by atoms with Crippen LogP contribution in [0.2, 0.25) is 0 Å². The van der Waals surface area contributed by atoms with Gasteiger partial charge in [-0.3, -0.25) is 9.78 Å². The van der Waals surface area contributed by atoms with Crippen LogP contribution in [0.5, 0.6) is 0 Å². The van der Waals surface area contributed by atoms with Gasteiger partial charge >= 0.3 is 5.97 Å². The highest BCUT2D eigenvalue weighted by atomic mass is 16.4. The third-order valence-corrected chi connectivity index (χ3v) is 1.37. The van der Waals surface area contributed by atoms with Gasteiger partial charge in [-0.1, -0.05) is 0 Å². The van der Waals surface area contributed by atoms with Crippen molar-refractivity contribution in [2.45, 2.75) is 6.42 Å². The molecule has 0 bridgehead atoms. The Balaban J connectivity index is 2.99. The fraction of sp³-hybridized carbons (Fsp3) is 0.125. The van der Waals surface area contributed by atoms with Gasteiger partial charge in [0.1, 0.15) is 0 Å². The Labute approximate surface area is 69.1 Å². The highest BCUT2D eigenvalue weighted by molar-refractivity contribution is 5.71. The Morgan fingerprint density at radius 2 is 2.50 bits per heavy atom. The van der Waals surface area contributed by atoms with Gasteiger partial charge in [0.25, 0.3) is 0 Å². The quantitative estimate of drug-likeness (QED) is 0.690. The molecule has 0 spiro atoms. The molecule has 0 atom stereocenters. The van der Waals surface area contributed by atoms with Gasteiger partial charge in [0.2, 0.25) is 0 Å². The molecule has 0 aliphatic rings. The number of carbonyl (C=O) groups is 1. The molecule has 1 aromatic heterocycles. The topological polar surface area (TPSA) is 74.0 Å². The Kier molecular flexibility index (Phi) is 2.38. The minimum absolute atomic E-state index is 0.156. The maximum Gasteiger partial charge on any atom is 0.307 e. The van der Waals surface area contributed by atoms with E-state index < -0.39 is 5.97 Å². The molecule has 4 nitrogen and oxygen atoms in total. The van der Waals surface area contributed by atoms with E-state index in [0.29, 0.717) is 11.1 Å². The van der Waals surface area contributed by atoms with Crippen molar-refractivity contribution < 1.29 is 9.90 Å². The molecule has 1 N–H and O–H groups in total. The first-order valence-corrected chi connectivity index (χ1v) is 3.29. The molecule has 1 rings (SSSR count). The van der Waals surface area contributed by atoms with Crippen LogP contribution in [-0.4, -0.2) is 16.1 Å². The number of hydrogen-bond donors (Lipinski definition) is 1. The van der Waals surface area contributed by atoms with E-state index in [1.807, 2.05) is 6.07 Å². The number of carboxylic acids is 1. The summed E-state index contributed by atoms with van der Waals surface area (Å²) in [5, 5.41) is 17.0. The fourth-order valence-corrected chi connectivity index (χ4v) is 0.840. The maximum atomic E-state index is 10.3. The van der Waals surface area contributed by atoms with Crippen molar-refractivity contribution in [2.75, 3.05) is 0 Å². The third-order valence-electron chi connectivity index (χ3n) is 1.37. The molecular weight excluding hydrogens is 156 g/mol. The average molecular weight is 162 g/mol. The molecule has 12 heavy (non-hydrogen) atoms. The normalized spacial score (nSPS) is 8.92. The molecule has 0 saturated heterocycles. The van der Waals surface area contributed by atoms with E-state index in [9.17, 15) is 4.79 Å². The van der Waals surface area contributed by atoms with Crippen LogP contribution in [0.4, 0.5) is 0 Å². The van der Waals surface area contributed by atoms with Crippen LogP contribution in [0.25, 0.3) is 0 Å². The molecule has 0 aromatic carbocycles. The molecule has 1 heterocycles. The lowest BCUT2D eigenvalue weighted by Gasteiger charge is -1.96. The molecular formula is C8H6N2O2. The van der Waals surface area contributed by atoms with Gasteiger partial charge in [-0.05, 0) is 11.6 Å². The molecule has 0 amide bonds. The minimum atomic E-state index is -0.959. The molecule has 0 radical (unpaired) electrons. The predicted octanol–water partition coefficient (Wildman–Crippen LogP) is 0.580. The van der Waals surface area contributed by atoms with Gasteiger partial charge in [-0.25, -0.2) is 0 Å². The standard InChI is InChI=1S/C8H6N2O2/c9-4-6-1-2-10-5-7(6)3-8(11)12/h1-2,5H,3H2,(H,11,12). The van der Waals surface area contributed by atoms with Gasteiger partial charge in [-0.15, -0.1) is 0 Å². The Morgan fingerprint density at radius 3 is 3.08 bits per heavy atom. The second-order valence-electron chi connectivity index (χ2n) is 2.22. The number of nitriles is 1. The number of hydrogen-bond acceptors (Lipinski definition) is 3.